The van der Waals surface area contributed by atoms with Crippen LogP contribution in [0.25, 0.3) is 0 Å². The maximum Gasteiger partial charge on any atom is 0.243 e. The maximum atomic E-state index is 12.5. The molecule has 0 saturated carbocycles. The number of nitrogens with two attached hydrogens (primary N) is 1. The van der Waals surface area contributed by atoms with Gasteiger partial charge in [-0.05, 0) is 31.9 Å². The summed E-state index contributed by atoms with van der Waals surface area (Å²) in [5.74, 6) is 0.527. The van der Waals surface area contributed by atoms with E-state index in [0.717, 1.165) is 0 Å². The lowest BCUT2D eigenvalue weighted by Crippen LogP contribution is -2.49. The number of benzene rings is 1. The molecule has 20 heavy (non-hydrogen) atoms. The predicted molar refractivity (Wildman–Crippen MR) is 76.2 cm³/mol. The highest BCUT2D eigenvalue weighted by atomic mass is 32.2. The fourth-order valence-electron chi connectivity index (χ4n) is 2.20. The molecule has 0 amide bonds. The van der Waals surface area contributed by atoms with Crippen molar-refractivity contribution < 1.29 is 17.9 Å². The Bertz CT molecular complexity index is 580. The molecular weight excluding hydrogens is 280 g/mol. The first-order chi connectivity index (χ1) is 9.36. The van der Waals surface area contributed by atoms with Crippen molar-refractivity contribution in [3.8, 4) is 5.75 Å². The smallest absolute Gasteiger partial charge is 0.243 e. The van der Waals surface area contributed by atoms with Gasteiger partial charge < -0.3 is 15.2 Å². The van der Waals surface area contributed by atoms with Crippen molar-refractivity contribution >= 4 is 15.7 Å². The van der Waals surface area contributed by atoms with Crippen LogP contribution in [0.15, 0.2) is 23.1 Å². The third kappa shape index (κ3) is 3.23. The summed E-state index contributed by atoms with van der Waals surface area (Å²) in [5, 5.41) is 0. The van der Waals surface area contributed by atoms with Crippen LogP contribution in [0, 0.1) is 0 Å². The van der Waals surface area contributed by atoms with Crippen molar-refractivity contribution in [1.29, 1.82) is 0 Å². The molecule has 112 valence electrons. The lowest BCUT2D eigenvalue weighted by molar-refractivity contribution is 0.0537. The number of rotatable bonds is 4. The highest BCUT2D eigenvalue weighted by Crippen LogP contribution is 2.27. The van der Waals surface area contributed by atoms with Crippen LogP contribution in [0.2, 0.25) is 0 Å². The number of anilines is 1. The van der Waals surface area contributed by atoms with Gasteiger partial charge in [0, 0.05) is 24.8 Å². The molecule has 1 aliphatic rings. The monoisotopic (exact) mass is 300 g/mol. The Morgan fingerprint density at radius 3 is 2.55 bits per heavy atom. The van der Waals surface area contributed by atoms with E-state index in [-0.39, 0.29) is 10.6 Å². The molecule has 1 saturated heterocycles. The number of hydrogen-bond donors (Lipinski definition) is 2. The highest BCUT2D eigenvalue weighted by molar-refractivity contribution is 7.89. The van der Waals surface area contributed by atoms with Crippen molar-refractivity contribution in [2.75, 3.05) is 26.1 Å². The Morgan fingerprint density at radius 2 is 2.00 bits per heavy atom. The van der Waals surface area contributed by atoms with Gasteiger partial charge in [0.05, 0.1) is 12.8 Å². The maximum absolute atomic E-state index is 12.5. The third-order valence-corrected chi connectivity index (χ3v) is 5.20. The zero-order valence-corrected chi connectivity index (χ0v) is 12.5. The van der Waals surface area contributed by atoms with E-state index in [0.29, 0.717) is 31.8 Å². The van der Waals surface area contributed by atoms with Gasteiger partial charge in [0.1, 0.15) is 10.6 Å². The van der Waals surface area contributed by atoms with Gasteiger partial charge in [-0.25, -0.2) is 13.1 Å². The van der Waals surface area contributed by atoms with Crippen molar-refractivity contribution in [1.82, 2.24) is 4.72 Å². The summed E-state index contributed by atoms with van der Waals surface area (Å²) in [7, 11) is -2.16. The lowest BCUT2D eigenvalue weighted by Gasteiger charge is -2.34. The molecule has 3 N–H and O–H groups in total. The van der Waals surface area contributed by atoms with Gasteiger partial charge in [0.2, 0.25) is 10.0 Å². The Morgan fingerprint density at radius 1 is 1.35 bits per heavy atom. The molecule has 1 fully saturated rings. The molecule has 0 bridgehead atoms. The van der Waals surface area contributed by atoms with Crippen LogP contribution in [0.4, 0.5) is 5.69 Å². The van der Waals surface area contributed by atoms with E-state index in [1.54, 1.807) is 6.07 Å². The van der Waals surface area contributed by atoms with Crippen molar-refractivity contribution in [3.63, 3.8) is 0 Å². The Balaban J connectivity index is 2.26. The standard InChI is InChI=1S/C13H20N2O4S/c1-13(5-7-19-8-6-13)15-20(16,17)12-4-3-10(18-2)9-11(12)14/h3-4,9,15H,5-8,14H2,1-2H3. The average Bonchev–Trinajstić information content (AvgIpc) is 2.37. The van der Waals surface area contributed by atoms with E-state index in [1.165, 1.54) is 19.2 Å². The van der Waals surface area contributed by atoms with E-state index >= 15 is 0 Å². The number of hydrogen-bond acceptors (Lipinski definition) is 5. The Labute approximate surface area is 119 Å². The Hall–Kier alpha value is -1.31. The fourth-order valence-corrected chi connectivity index (χ4v) is 3.78. The fraction of sp³-hybridized carbons (Fsp3) is 0.538. The number of ether oxygens (including phenoxy) is 2. The quantitative estimate of drug-likeness (QED) is 0.813. The van der Waals surface area contributed by atoms with Crippen LogP contribution in [0.1, 0.15) is 19.8 Å². The van der Waals surface area contributed by atoms with Crippen LogP contribution >= 0.6 is 0 Å². The normalized spacial score (nSPS) is 18.7. The van der Waals surface area contributed by atoms with Gasteiger partial charge in [-0.2, -0.15) is 0 Å². The second kappa shape index (κ2) is 5.59. The molecule has 2 rings (SSSR count). The van der Waals surface area contributed by atoms with Gasteiger partial charge in [0.15, 0.2) is 0 Å². The molecule has 0 spiro atoms. The van der Waals surface area contributed by atoms with Gasteiger partial charge in [0.25, 0.3) is 0 Å². The number of sulfonamides is 1. The zero-order valence-electron chi connectivity index (χ0n) is 11.7. The van der Waals surface area contributed by atoms with Gasteiger partial charge in [-0.3, -0.25) is 0 Å². The number of nitrogen functional groups attached to an aromatic ring is 1. The second-order valence-corrected chi connectivity index (χ2v) is 6.83. The average molecular weight is 300 g/mol. The van der Waals surface area contributed by atoms with Crippen LogP contribution in [-0.4, -0.2) is 34.3 Å². The predicted octanol–water partition coefficient (Wildman–Crippen LogP) is 1.12. The molecule has 0 unspecified atom stereocenters. The largest absolute Gasteiger partial charge is 0.497 e. The molecule has 1 aliphatic heterocycles. The number of nitrogens with one attached hydrogen (secondary N) is 1. The van der Waals surface area contributed by atoms with Crippen LogP contribution < -0.4 is 15.2 Å². The van der Waals surface area contributed by atoms with Crippen LogP contribution in [-0.2, 0) is 14.8 Å². The minimum atomic E-state index is -3.66. The summed E-state index contributed by atoms with van der Waals surface area (Å²) in [6.45, 7) is 2.99. The molecule has 0 aromatic heterocycles. The SMILES string of the molecule is COc1ccc(S(=O)(=O)NC2(C)CCOCC2)c(N)c1. The third-order valence-electron chi connectivity index (χ3n) is 3.48. The first kappa shape index (κ1) is 15.1. The minimum Gasteiger partial charge on any atom is -0.497 e. The molecule has 0 atom stereocenters. The highest BCUT2D eigenvalue weighted by Gasteiger charge is 2.33. The first-order valence-electron chi connectivity index (χ1n) is 6.42. The van der Waals surface area contributed by atoms with Crippen molar-refractivity contribution in [3.05, 3.63) is 18.2 Å². The zero-order chi connectivity index (χ0) is 14.8. The summed E-state index contributed by atoms with van der Waals surface area (Å²) < 4.78 is 37.9. The molecule has 1 heterocycles. The molecule has 0 aliphatic carbocycles. The van der Waals surface area contributed by atoms with E-state index in [4.69, 9.17) is 15.2 Å². The van der Waals surface area contributed by atoms with Gasteiger partial charge >= 0.3 is 0 Å². The molecule has 6 nitrogen and oxygen atoms in total. The molecule has 1 aromatic rings. The summed E-state index contributed by atoms with van der Waals surface area (Å²) in [6.07, 6.45) is 1.28. The van der Waals surface area contributed by atoms with Crippen LogP contribution in [0.5, 0.6) is 5.75 Å². The summed E-state index contributed by atoms with van der Waals surface area (Å²) in [6, 6.07) is 4.54. The Kier molecular flexibility index (Phi) is 4.22. The van der Waals surface area contributed by atoms with E-state index < -0.39 is 15.6 Å². The van der Waals surface area contributed by atoms with E-state index in [9.17, 15) is 8.42 Å². The van der Waals surface area contributed by atoms with Gasteiger partial charge in [-0.15, -0.1) is 0 Å². The summed E-state index contributed by atoms with van der Waals surface area (Å²) >= 11 is 0. The number of methoxy groups -OCH3 is 1. The van der Waals surface area contributed by atoms with Gasteiger partial charge in [-0.1, -0.05) is 0 Å². The lowest BCUT2D eigenvalue weighted by atomic mass is 9.94. The molecule has 1 aromatic carbocycles. The van der Waals surface area contributed by atoms with Crippen molar-refractivity contribution in [2.24, 2.45) is 0 Å². The minimum absolute atomic E-state index is 0.0750. The van der Waals surface area contributed by atoms with Crippen LogP contribution in [0.3, 0.4) is 0 Å². The van der Waals surface area contributed by atoms with Crippen molar-refractivity contribution in [2.45, 2.75) is 30.2 Å². The summed E-state index contributed by atoms with van der Waals surface area (Å²) in [5.41, 5.74) is 5.48. The molecular formula is C13H20N2O4S. The second-order valence-electron chi connectivity index (χ2n) is 5.18. The molecule has 0 radical (unpaired) electrons. The first-order valence-corrected chi connectivity index (χ1v) is 7.90. The summed E-state index contributed by atoms with van der Waals surface area (Å²) in [4.78, 5) is 0.0750. The van der Waals surface area contributed by atoms with E-state index in [1.807, 2.05) is 6.92 Å². The van der Waals surface area contributed by atoms with E-state index in [2.05, 4.69) is 4.72 Å². The molecule has 7 heteroatoms. The topological polar surface area (TPSA) is 90.7 Å².